The molecule has 1 amide bonds. The number of aromatic nitrogens is 3. The quantitative estimate of drug-likeness (QED) is 0.744. The maximum absolute atomic E-state index is 12.7. The maximum atomic E-state index is 12.7. The van der Waals surface area contributed by atoms with Gasteiger partial charge >= 0.3 is 0 Å². The average Bonchev–Trinajstić information content (AvgIpc) is 3.37. The lowest BCUT2D eigenvalue weighted by molar-refractivity contribution is 0.0918. The average molecular weight is 372 g/mol. The molecule has 1 saturated heterocycles. The molecule has 26 heavy (non-hydrogen) atoms. The highest BCUT2D eigenvalue weighted by Crippen LogP contribution is 2.25. The number of carbonyl (C=O) groups excluding carboxylic acids is 1. The topological polar surface area (TPSA) is 82.2 Å². The SMILES string of the molecule is Cc1cc(C[C@@H]2COC[C@@H]2NC(=O)c2cc(-c3cccs3)n(C)n2)on1. The summed E-state index contributed by atoms with van der Waals surface area (Å²) in [6.45, 7) is 2.98. The Labute approximate surface area is 154 Å². The molecule has 2 atom stereocenters. The number of ether oxygens (including phenoxy) is 1. The van der Waals surface area contributed by atoms with Gasteiger partial charge in [0.1, 0.15) is 5.76 Å². The molecule has 0 aromatic carbocycles. The summed E-state index contributed by atoms with van der Waals surface area (Å²) in [4.78, 5) is 13.7. The van der Waals surface area contributed by atoms with Crippen LogP contribution in [0.15, 0.2) is 34.2 Å². The predicted molar refractivity (Wildman–Crippen MR) is 97.0 cm³/mol. The Bertz CT molecular complexity index is 900. The summed E-state index contributed by atoms with van der Waals surface area (Å²) < 4.78 is 12.6. The first-order valence-electron chi connectivity index (χ1n) is 8.49. The zero-order valence-corrected chi connectivity index (χ0v) is 15.5. The highest BCUT2D eigenvalue weighted by molar-refractivity contribution is 7.13. The van der Waals surface area contributed by atoms with Crippen molar-refractivity contribution in [2.45, 2.75) is 19.4 Å². The number of nitrogens with one attached hydrogen (secondary N) is 1. The molecule has 0 spiro atoms. The zero-order chi connectivity index (χ0) is 18.1. The molecule has 3 aromatic rings. The van der Waals surface area contributed by atoms with E-state index in [2.05, 4.69) is 15.6 Å². The van der Waals surface area contributed by atoms with Gasteiger partial charge in [0, 0.05) is 25.5 Å². The Morgan fingerprint density at radius 3 is 3.04 bits per heavy atom. The van der Waals surface area contributed by atoms with Gasteiger partial charge in [-0.1, -0.05) is 11.2 Å². The molecule has 1 aliphatic rings. The normalized spacial score (nSPS) is 19.8. The van der Waals surface area contributed by atoms with Gasteiger partial charge in [0.05, 0.1) is 35.5 Å². The third kappa shape index (κ3) is 3.42. The lowest BCUT2D eigenvalue weighted by Crippen LogP contribution is -2.40. The molecule has 4 heterocycles. The lowest BCUT2D eigenvalue weighted by atomic mass is 9.98. The summed E-state index contributed by atoms with van der Waals surface area (Å²) >= 11 is 1.62. The fourth-order valence-electron chi connectivity index (χ4n) is 3.21. The van der Waals surface area contributed by atoms with Crippen molar-refractivity contribution in [1.82, 2.24) is 20.3 Å². The molecule has 0 bridgehead atoms. The van der Waals surface area contributed by atoms with E-state index in [-0.39, 0.29) is 17.9 Å². The summed E-state index contributed by atoms with van der Waals surface area (Å²) in [5.41, 5.74) is 2.20. The van der Waals surface area contributed by atoms with Crippen molar-refractivity contribution in [3.63, 3.8) is 0 Å². The fourth-order valence-corrected chi connectivity index (χ4v) is 3.98. The van der Waals surface area contributed by atoms with Gasteiger partial charge in [-0.2, -0.15) is 5.10 Å². The molecular weight excluding hydrogens is 352 g/mol. The Morgan fingerprint density at radius 1 is 1.42 bits per heavy atom. The van der Waals surface area contributed by atoms with E-state index in [1.165, 1.54) is 0 Å². The van der Waals surface area contributed by atoms with Crippen molar-refractivity contribution >= 4 is 17.2 Å². The van der Waals surface area contributed by atoms with Gasteiger partial charge in [-0.15, -0.1) is 11.3 Å². The Morgan fingerprint density at radius 2 is 2.31 bits per heavy atom. The Hall–Kier alpha value is -2.45. The number of nitrogens with zero attached hydrogens (tertiary/aromatic N) is 3. The molecular formula is C18H20N4O3S. The summed E-state index contributed by atoms with van der Waals surface area (Å²) in [5, 5.41) is 13.3. The van der Waals surface area contributed by atoms with Crippen molar-refractivity contribution in [3.05, 3.63) is 46.8 Å². The van der Waals surface area contributed by atoms with Crippen LogP contribution < -0.4 is 5.32 Å². The molecule has 3 aromatic heterocycles. The second-order valence-corrected chi connectivity index (χ2v) is 7.48. The minimum absolute atomic E-state index is 0.0694. The first kappa shape index (κ1) is 17.0. The van der Waals surface area contributed by atoms with E-state index in [4.69, 9.17) is 9.26 Å². The van der Waals surface area contributed by atoms with Crippen molar-refractivity contribution in [2.24, 2.45) is 13.0 Å². The number of hydrogen-bond donors (Lipinski definition) is 1. The molecule has 1 fully saturated rings. The number of amides is 1. The molecule has 1 aliphatic heterocycles. The zero-order valence-electron chi connectivity index (χ0n) is 14.6. The Balaban J connectivity index is 1.45. The first-order chi connectivity index (χ1) is 12.6. The molecule has 4 rings (SSSR count). The standard InChI is InChI=1S/C18H20N4O3S/c1-11-6-13(25-21-11)7-12-9-24-10-15(12)19-18(23)14-8-16(22(2)20-14)17-4-3-5-26-17/h3-6,8,12,15H,7,9-10H2,1-2H3,(H,19,23)/t12-,15+/m1/s1. The van der Waals surface area contributed by atoms with Crippen molar-refractivity contribution in [2.75, 3.05) is 13.2 Å². The summed E-state index contributed by atoms with van der Waals surface area (Å²) in [6.07, 6.45) is 0.689. The number of hydrogen-bond acceptors (Lipinski definition) is 6. The van der Waals surface area contributed by atoms with Crippen molar-refractivity contribution < 1.29 is 14.1 Å². The number of carbonyl (C=O) groups is 1. The van der Waals surface area contributed by atoms with E-state index in [1.807, 2.05) is 43.6 Å². The van der Waals surface area contributed by atoms with E-state index in [9.17, 15) is 4.79 Å². The molecule has 0 saturated carbocycles. The van der Waals surface area contributed by atoms with Crippen LogP contribution in [0.25, 0.3) is 10.6 Å². The first-order valence-corrected chi connectivity index (χ1v) is 9.37. The fraction of sp³-hybridized carbons (Fsp3) is 0.389. The molecule has 8 heteroatoms. The van der Waals surface area contributed by atoms with Gasteiger partial charge in [-0.25, -0.2) is 0 Å². The van der Waals surface area contributed by atoms with Crippen LogP contribution in [0.5, 0.6) is 0 Å². The van der Waals surface area contributed by atoms with Crippen LogP contribution in [-0.2, 0) is 18.2 Å². The minimum Gasteiger partial charge on any atom is -0.379 e. The second kappa shape index (κ2) is 7.05. The monoisotopic (exact) mass is 372 g/mol. The number of rotatable bonds is 5. The number of thiophene rings is 1. The molecule has 0 aliphatic carbocycles. The molecule has 136 valence electrons. The van der Waals surface area contributed by atoms with Gasteiger partial charge in [0.2, 0.25) is 0 Å². The van der Waals surface area contributed by atoms with Gasteiger partial charge in [0.25, 0.3) is 5.91 Å². The van der Waals surface area contributed by atoms with Crippen LogP contribution in [0, 0.1) is 12.8 Å². The molecule has 7 nitrogen and oxygen atoms in total. The van der Waals surface area contributed by atoms with E-state index in [0.717, 1.165) is 22.0 Å². The molecule has 0 unspecified atom stereocenters. The van der Waals surface area contributed by atoms with E-state index < -0.39 is 0 Å². The van der Waals surface area contributed by atoms with Crippen LogP contribution >= 0.6 is 11.3 Å². The highest BCUT2D eigenvalue weighted by atomic mass is 32.1. The largest absolute Gasteiger partial charge is 0.379 e. The highest BCUT2D eigenvalue weighted by Gasteiger charge is 2.31. The molecule has 1 N–H and O–H groups in total. The third-order valence-electron chi connectivity index (χ3n) is 4.54. The van der Waals surface area contributed by atoms with Crippen LogP contribution in [0.1, 0.15) is 21.9 Å². The summed E-state index contributed by atoms with van der Waals surface area (Å²) in [6, 6.07) is 7.68. The van der Waals surface area contributed by atoms with E-state index >= 15 is 0 Å². The lowest BCUT2D eigenvalue weighted by Gasteiger charge is -2.17. The van der Waals surface area contributed by atoms with Crippen molar-refractivity contribution in [1.29, 1.82) is 0 Å². The van der Waals surface area contributed by atoms with Gasteiger partial charge in [0.15, 0.2) is 5.69 Å². The Kier molecular flexibility index (Phi) is 4.60. The summed E-state index contributed by atoms with van der Waals surface area (Å²) in [7, 11) is 1.85. The van der Waals surface area contributed by atoms with E-state index in [0.29, 0.717) is 25.3 Å². The minimum atomic E-state index is -0.183. The smallest absolute Gasteiger partial charge is 0.272 e. The van der Waals surface area contributed by atoms with Gasteiger partial charge in [-0.05, 0) is 24.4 Å². The van der Waals surface area contributed by atoms with Crippen LogP contribution in [0.3, 0.4) is 0 Å². The summed E-state index contributed by atoms with van der Waals surface area (Å²) in [5.74, 6) is 0.791. The van der Waals surface area contributed by atoms with Crippen LogP contribution in [-0.4, -0.2) is 40.1 Å². The third-order valence-corrected chi connectivity index (χ3v) is 5.43. The molecule has 0 radical (unpaired) electrons. The van der Waals surface area contributed by atoms with Gasteiger partial charge in [-0.3, -0.25) is 9.48 Å². The number of aryl methyl sites for hydroxylation is 2. The second-order valence-electron chi connectivity index (χ2n) is 6.53. The van der Waals surface area contributed by atoms with Crippen molar-refractivity contribution in [3.8, 4) is 10.6 Å². The maximum Gasteiger partial charge on any atom is 0.272 e. The van der Waals surface area contributed by atoms with Gasteiger partial charge < -0.3 is 14.6 Å². The van der Waals surface area contributed by atoms with Crippen LogP contribution in [0.2, 0.25) is 0 Å². The van der Waals surface area contributed by atoms with E-state index in [1.54, 1.807) is 16.0 Å². The van der Waals surface area contributed by atoms with Crippen LogP contribution in [0.4, 0.5) is 0 Å². The predicted octanol–water partition coefficient (Wildman–Crippen LogP) is 2.43.